The van der Waals surface area contributed by atoms with Crippen molar-refractivity contribution in [2.45, 2.75) is 6.92 Å². The van der Waals surface area contributed by atoms with Crippen molar-refractivity contribution < 1.29 is 23.7 Å². The molecule has 0 aliphatic carbocycles. The van der Waals surface area contributed by atoms with Gasteiger partial charge in [-0.05, 0) is 48.9 Å². The summed E-state index contributed by atoms with van der Waals surface area (Å²) in [6.45, 7) is 3.46. The molecule has 5 nitrogen and oxygen atoms in total. The zero-order chi connectivity index (χ0) is 18.8. The zero-order valence-corrected chi connectivity index (χ0v) is 15.4. The Kier molecular flexibility index (Phi) is 7.71. The predicted octanol–water partition coefficient (Wildman–Crippen LogP) is 4.02. The summed E-state index contributed by atoms with van der Waals surface area (Å²) >= 11 is 0. The molecule has 0 aliphatic rings. The molecule has 0 spiro atoms. The molecule has 0 saturated heterocycles. The van der Waals surface area contributed by atoms with Crippen LogP contribution in [0.2, 0.25) is 0 Å². The molecule has 0 amide bonds. The van der Waals surface area contributed by atoms with Gasteiger partial charge in [-0.15, -0.1) is 0 Å². The molecule has 0 unspecified atom stereocenters. The van der Waals surface area contributed by atoms with Gasteiger partial charge in [0.15, 0.2) is 17.3 Å². The molecule has 138 valence electrons. The van der Waals surface area contributed by atoms with Gasteiger partial charge in [-0.3, -0.25) is 4.79 Å². The molecule has 26 heavy (non-hydrogen) atoms. The lowest BCUT2D eigenvalue weighted by Crippen LogP contribution is -2.06. The third-order valence-electron chi connectivity index (χ3n) is 3.61. The van der Waals surface area contributed by atoms with Gasteiger partial charge in [-0.2, -0.15) is 0 Å². The van der Waals surface area contributed by atoms with Crippen LogP contribution in [-0.2, 0) is 4.74 Å². The van der Waals surface area contributed by atoms with Crippen molar-refractivity contribution in [2.75, 3.05) is 34.0 Å². The number of carbonyl (C=O) groups excluding carboxylic acids is 1. The molecule has 5 heteroatoms. The Bertz CT molecular complexity index is 735. The predicted molar refractivity (Wildman–Crippen MR) is 101 cm³/mol. The fraction of sp³-hybridized carbons (Fsp3) is 0.286. The molecule has 2 aromatic carbocycles. The average Bonchev–Trinajstić information content (AvgIpc) is 2.67. The second-order valence-corrected chi connectivity index (χ2v) is 5.41. The maximum absolute atomic E-state index is 12.4. The first-order chi connectivity index (χ1) is 12.7. The van der Waals surface area contributed by atoms with Crippen molar-refractivity contribution in [3.05, 3.63) is 59.7 Å². The van der Waals surface area contributed by atoms with Gasteiger partial charge in [-0.1, -0.05) is 18.2 Å². The Hall–Kier alpha value is -2.79. The van der Waals surface area contributed by atoms with E-state index in [1.807, 2.05) is 31.2 Å². The van der Waals surface area contributed by atoms with Crippen molar-refractivity contribution in [1.82, 2.24) is 0 Å². The summed E-state index contributed by atoms with van der Waals surface area (Å²) < 4.78 is 21.2. The molecule has 2 aromatic rings. The molecule has 0 bridgehead atoms. The Morgan fingerprint density at radius 1 is 0.962 bits per heavy atom. The largest absolute Gasteiger partial charge is 0.494 e. The Balaban J connectivity index is 2.06. The number of ketones is 1. The molecular formula is C21H24O5. The number of rotatable bonds is 10. The van der Waals surface area contributed by atoms with Crippen LogP contribution in [0.4, 0.5) is 0 Å². The van der Waals surface area contributed by atoms with Crippen LogP contribution in [0.15, 0.2) is 48.5 Å². The fourth-order valence-corrected chi connectivity index (χ4v) is 2.29. The molecule has 0 aliphatic heterocycles. The smallest absolute Gasteiger partial charge is 0.185 e. The minimum atomic E-state index is -0.111. The normalized spacial score (nSPS) is 10.7. The van der Waals surface area contributed by atoms with E-state index in [0.29, 0.717) is 36.9 Å². The summed E-state index contributed by atoms with van der Waals surface area (Å²) in [4.78, 5) is 12.4. The number of hydrogen-bond acceptors (Lipinski definition) is 5. The van der Waals surface area contributed by atoms with Crippen LogP contribution >= 0.6 is 0 Å². The maximum Gasteiger partial charge on any atom is 0.185 e. The third-order valence-corrected chi connectivity index (χ3v) is 3.61. The third kappa shape index (κ3) is 5.63. The molecule has 2 rings (SSSR count). The quantitative estimate of drug-likeness (QED) is 0.366. The van der Waals surface area contributed by atoms with E-state index < -0.39 is 0 Å². The first-order valence-corrected chi connectivity index (χ1v) is 8.43. The van der Waals surface area contributed by atoms with Gasteiger partial charge in [0.2, 0.25) is 0 Å². The van der Waals surface area contributed by atoms with Crippen LogP contribution in [0.1, 0.15) is 22.8 Å². The molecule has 0 saturated carbocycles. The maximum atomic E-state index is 12.4. The van der Waals surface area contributed by atoms with Crippen LogP contribution in [0.5, 0.6) is 17.2 Å². The lowest BCUT2D eigenvalue weighted by atomic mass is 10.1. The molecule has 0 aromatic heterocycles. The molecular weight excluding hydrogens is 332 g/mol. The first-order valence-electron chi connectivity index (χ1n) is 8.43. The SMILES string of the molecule is CCOc1ccc(C=CC(=O)c2ccc(OCCOC)c(OC)c2)cc1. The zero-order valence-electron chi connectivity index (χ0n) is 15.4. The van der Waals surface area contributed by atoms with Crippen molar-refractivity contribution >= 4 is 11.9 Å². The van der Waals surface area contributed by atoms with E-state index in [2.05, 4.69) is 0 Å². The van der Waals surface area contributed by atoms with Crippen LogP contribution in [0.25, 0.3) is 6.08 Å². The minimum absolute atomic E-state index is 0.111. The fourth-order valence-electron chi connectivity index (χ4n) is 2.29. The molecule has 0 N–H and O–H groups in total. The first kappa shape index (κ1) is 19.5. The second kappa shape index (κ2) is 10.3. The van der Waals surface area contributed by atoms with Crippen molar-refractivity contribution in [3.8, 4) is 17.2 Å². The summed E-state index contributed by atoms with van der Waals surface area (Å²) in [5, 5.41) is 0. The second-order valence-electron chi connectivity index (χ2n) is 5.41. The summed E-state index contributed by atoms with van der Waals surface area (Å²) in [7, 11) is 3.15. The van der Waals surface area contributed by atoms with E-state index in [9.17, 15) is 4.79 Å². The summed E-state index contributed by atoms with van der Waals surface area (Å²) in [6.07, 6.45) is 3.31. The highest BCUT2D eigenvalue weighted by Crippen LogP contribution is 2.28. The van der Waals surface area contributed by atoms with Crippen LogP contribution < -0.4 is 14.2 Å². The number of benzene rings is 2. The highest BCUT2D eigenvalue weighted by molar-refractivity contribution is 6.07. The van der Waals surface area contributed by atoms with E-state index in [-0.39, 0.29) is 5.78 Å². The Morgan fingerprint density at radius 2 is 1.73 bits per heavy atom. The van der Waals surface area contributed by atoms with Crippen molar-refractivity contribution in [2.24, 2.45) is 0 Å². The van der Waals surface area contributed by atoms with Gasteiger partial charge in [0.05, 0.1) is 20.3 Å². The molecule has 0 radical (unpaired) electrons. The number of methoxy groups -OCH3 is 2. The number of allylic oxidation sites excluding steroid dienone is 1. The molecule has 0 heterocycles. The average molecular weight is 356 g/mol. The lowest BCUT2D eigenvalue weighted by molar-refractivity contribution is 0.104. The van der Waals surface area contributed by atoms with Crippen LogP contribution in [0.3, 0.4) is 0 Å². The topological polar surface area (TPSA) is 54.0 Å². The van der Waals surface area contributed by atoms with Crippen molar-refractivity contribution in [1.29, 1.82) is 0 Å². The number of carbonyl (C=O) groups is 1. The summed E-state index contributed by atoms with van der Waals surface area (Å²) in [6, 6.07) is 12.7. The van der Waals surface area contributed by atoms with Crippen LogP contribution in [-0.4, -0.2) is 39.8 Å². The summed E-state index contributed by atoms with van der Waals surface area (Å²) in [5.41, 5.74) is 1.46. The van der Waals surface area contributed by atoms with Gasteiger partial charge in [0.25, 0.3) is 0 Å². The summed E-state index contributed by atoms with van der Waals surface area (Å²) in [5.74, 6) is 1.79. The van der Waals surface area contributed by atoms with E-state index in [1.54, 1.807) is 38.5 Å². The highest BCUT2D eigenvalue weighted by atomic mass is 16.5. The van der Waals surface area contributed by atoms with Gasteiger partial charge in [0, 0.05) is 12.7 Å². The number of hydrogen-bond donors (Lipinski definition) is 0. The van der Waals surface area contributed by atoms with Crippen LogP contribution in [0, 0.1) is 0 Å². The van der Waals surface area contributed by atoms with E-state index in [1.165, 1.54) is 6.08 Å². The Labute approximate surface area is 154 Å². The Morgan fingerprint density at radius 3 is 2.38 bits per heavy atom. The molecule has 0 fully saturated rings. The van der Waals surface area contributed by atoms with Crippen molar-refractivity contribution in [3.63, 3.8) is 0 Å². The lowest BCUT2D eigenvalue weighted by Gasteiger charge is -2.11. The van der Waals surface area contributed by atoms with E-state index in [0.717, 1.165) is 11.3 Å². The monoisotopic (exact) mass is 356 g/mol. The highest BCUT2D eigenvalue weighted by Gasteiger charge is 2.09. The molecule has 0 atom stereocenters. The number of ether oxygens (including phenoxy) is 4. The van der Waals surface area contributed by atoms with Gasteiger partial charge >= 0.3 is 0 Å². The van der Waals surface area contributed by atoms with E-state index in [4.69, 9.17) is 18.9 Å². The van der Waals surface area contributed by atoms with E-state index >= 15 is 0 Å². The standard InChI is InChI=1S/C21H24O5/c1-4-25-18-9-5-16(6-10-18)7-11-19(22)17-8-12-20(21(15-17)24-3)26-14-13-23-2/h5-12,15H,4,13-14H2,1-3H3. The van der Waals surface area contributed by atoms with Gasteiger partial charge in [-0.25, -0.2) is 0 Å². The minimum Gasteiger partial charge on any atom is -0.494 e. The van der Waals surface area contributed by atoms with Gasteiger partial charge < -0.3 is 18.9 Å². The van der Waals surface area contributed by atoms with Gasteiger partial charge in [0.1, 0.15) is 12.4 Å².